The average molecular weight is 226 g/mol. The first kappa shape index (κ1) is 12.8. The highest BCUT2D eigenvalue weighted by atomic mass is 28.3. The molecule has 1 aliphatic rings. The summed E-state index contributed by atoms with van der Waals surface area (Å²) in [5.74, 6) is 3.16. The van der Waals surface area contributed by atoms with Crippen molar-refractivity contribution < 1.29 is 9.84 Å². The van der Waals surface area contributed by atoms with Crippen molar-refractivity contribution >= 4 is 8.07 Å². The molecule has 3 heteroatoms. The van der Waals surface area contributed by atoms with Gasteiger partial charge in [0.25, 0.3) is 0 Å². The first-order chi connectivity index (χ1) is 7.17. The molecule has 1 saturated heterocycles. The summed E-state index contributed by atoms with van der Waals surface area (Å²) in [4.78, 5) is 0. The number of rotatable bonds is 3. The van der Waals surface area contributed by atoms with Gasteiger partial charge in [-0.05, 0) is 18.1 Å². The molecule has 1 fully saturated rings. The van der Waals surface area contributed by atoms with Crippen molar-refractivity contribution in [3.63, 3.8) is 0 Å². The van der Waals surface area contributed by atoms with Crippen LogP contribution in [0.2, 0.25) is 18.1 Å². The Morgan fingerprint density at radius 3 is 2.27 bits per heavy atom. The number of hydrogen-bond donors (Lipinski definition) is 1. The first-order valence-corrected chi connectivity index (χ1v) is 8.62. The Labute approximate surface area is 94.0 Å². The monoisotopic (exact) mass is 226 g/mol. The van der Waals surface area contributed by atoms with Gasteiger partial charge in [-0.15, -0.1) is 5.54 Å². The van der Waals surface area contributed by atoms with Gasteiger partial charge in [0.15, 0.2) is 0 Å². The third kappa shape index (κ3) is 3.07. The molecule has 1 rings (SSSR count). The predicted molar refractivity (Wildman–Crippen MR) is 65.3 cm³/mol. The smallest absolute Gasteiger partial charge is 0.143 e. The van der Waals surface area contributed by atoms with Crippen LogP contribution in [-0.2, 0) is 4.74 Å². The number of aliphatic hydroxyl groups excluding tert-OH is 1. The van der Waals surface area contributed by atoms with E-state index in [1.165, 1.54) is 18.1 Å². The van der Waals surface area contributed by atoms with E-state index < -0.39 is 8.07 Å². The molecular formula is C12H22O2Si. The maximum absolute atomic E-state index is 9.59. The summed E-state index contributed by atoms with van der Waals surface area (Å²) >= 11 is 0. The molecule has 0 spiro atoms. The van der Waals surface area contributed by atoms with Gasteiger partial charge < -0.3 is 9.84 Å². The van der Waals surface area contributed by atoms with Crippen molar-refractivity contribution in [3.05, 3.63) is 0 Å². The molecule has 0 aromatic carbocycles. The van der Waals surface area contributed by atoms with E-state index in [0.29, 0.717) is 6.61 Å². The van der Waals surface area contributed by atoms with Crippen LogP contribution in [-0.4, -0.2) is 32.0 Å². The zero-order valence-electron chi connectivity index (χ0n) is 10.0. The molecule has 1 heterocycles. The topological polar surface area (TPSA) is 29.5 Å². The molecule has 0 aromatic rings. The van der Waals surface area contributed by atoms with Gasteiger partial charge in [0, 0.05) is 6.42 Å². The van der Waals surface area contributed by atoms with E-state index in [0.717, 1.165) is 6.42 Å². The molecule has 0 saturated carbocycles. The van der Waals surface area contributed by atoms with Gasteiger partial charge in [-0.2, -0.15) is 0 Å². The van der Waals surface area contributed by atoms with Crippen molar-refractivity contribution in [2.45, 2.75) is 57.5 Å². The van der Waals surface area contributed by atoms with Gasteiger partial charge in [-0.25, -0.2) is 0 Å². The van der Waals surface area contributed by atoms with Gasteiger partial charge >= 0.3 is 0 Å². The van der Waals surface area contributed by atoms with E-state index in [1.54, 1.807) is 0 Å². The van der Waals surface area contributed by atoms with Crippen LogP contribution < -0.4 is 0 Å². The fraction of sp³-hybridized carbons (Fsp3) is 0.833. The largest absolute Gasteiger partial charge is 0.389 e. The van der Waals surface area contributed by atoms with Gasteiger partial charge in [-0.1, -0.05) is 26.7 Å². The standard InChI is InChI=1S/C12H22O2Si/c1-4-15(5-2,6-3)10-8-12-11(13)7-9-14-12/h11-13H,4-7,9H2,1-3H3. The minimum atomic E-state index is -1.37. The van der Waals surface area contributed by atoms with E-state index >= 15 is 0 Å². The molecule has 1 N–H and O–H groups in total. The number of ether oxygens (including phenoxy) is 1. The minimum absolute atomic E-state index is 0.221. The van der Waals surface area contributed by atoms with E-state index in [-0.39, 0.29) is 12.2 Å². The Morgan fingerprint density at radius 2 is 1.87 bits per heavy atom. The summed E-state index contributed by atoms with van der Waals surface area (Å²) < 4.78 is 5.39. The molecule has 2 atom stereocenters. The zero-order chi connectivity index (χ0) is 11.3. The third-order valence-electron chi connectivity index (χ3n) is 3.57. The van der Waals surface area contributed by atoms with E-state index in [4.69, 9.17) is 4.74 Å². The summed E-state index contributed by atoms with van der Waals surface area (Å²) in [5.41, 5.74) is 3.46. The van der Waals surface area contributed by atoms with Crippen molar-refractivity contribution in [2.75, 3.05) is 6.61 Å². The van der Waals surface area contributed by atoms with E-state index in [1.807, 2.05) is 0 Å². The zero-order valence-corrected chi connectivity index (χ0v) is 11.0. The second kappa shape index (κ2) is 5.69. The highest BCUT2D eigenvalue weighted by Gasteiger charge is 2.27. The molecular weight excluding hydrogens is 204 g/mol. The Bertz CT molecular complexity index is 242. The summed E-state index contributed by atoms with van der Waals surface area (Å²) in [6.07, 6.45) is 0.148. The van der Waals surface area contributed by atoms with Gasteiger partial charge in [0.1, 0.15) is 14.2 Å². The van der Waals surface area contributed by atoms with Gasteiger partial charge in [0.05, 0.1) is 12.7 Å². The Morgan fingerprint density at radius 1 is 1.27 bits per heavy atom. The number of hydrogen-bond acceptors (Lipinski definition) is 2. The second-order valence-corrected chi connectivity index (χ2v) is 9.19. The summed E-state index contributed by atoms with van der Waals surface area (Å²) in [7, 11) is -1.37. The quantitative estimate of drug-likeness (QED) is 0.590. The van der Waals surface area contributed by atoms with Gasteiger partial charge in [0.2, 0.25) is 0 Å². The lowest BCUT2D eigenvalue weighted by Crippen LogP contribution is -2.30. The average Bonchev–Trinajstić information content (AvgIpc) is 2.67. The molecule has 2 unspecified atom stereocenters. The molecule has 1 aliphatic heterocycles. The molecule has 0 amide bonds. The fourth-order valence-electron chi connectivity index (χ4n) is 1.96. The maximum Gasteiger partial charge on any atom is 0.143 e. The molecule has 2 nitrogen and oxygen atoms in total. The summed E-state index contributed by atoms with van der Waals surface area (Å²) in [6.45, 7) is 7.36. The van der Waals surface area contributed by atoms with Crippen LogP contribution in [0.15, 0.2) is 0 Å². The lowest BCUT2D eigenvalue weighted by atomic mass is 10.2. The van der Waals surface area contributed by atoms with Crippen LogP contribution >= 0.6 is 0 Å². The van der Waals surface area contributed by atoms with Crippen molar-refractivity contribution in [1.82, 2.24) is 0 Å². The fourth-order valence-corrected chi connectivity index (χ4v) is 4.43. The molecule has 86 valence electrons. The van der Waals surface area contributed by atoms with Crippen LogP contribution in [0.3, 0.4) is 0 Å². The molecule has 0 aliphatic carbocycles. The van der Waals surface area contributed by atoms with Crippen LogP contribution in [0.5, 0.6) is 0 Å². The predicted octanol–water partition coefficient (Wildman–Crippen LogP) is 2.19. The lowest BCUT2D eigenvalue weighted by Gasteiger charge is -2.20. The Kier molecular flexibility index (Phi) is 4.84. The summed E-state index contributed by atoms with van der Waals surface area (Å²) in [6, 6.07) is 3.61. The Hall–Kier alpha value is -0.303. The molecule has 15 heavy (non-hydrogen) atoms. The maximum atomic E-state index is 9.59. The highest BCUT2D eigenvalue weighted by molar-refractivity contribution is 6.87. The van der Waals surface area contributed by atoms with Crippen LogP contribution in [0, 0.1) is 11.5 Å². The van der Waals surface area contributed by atoms with E-state index in [2.05, 4.69) is 32.2 Å². The van der Waals surface area contributed by atoms with Crippen molar-refractivity contribution in [3.8, 4) is 11.5 Å². The SMILES string of the molecule is CC[Si](C#CC1OCCC1O)(CC)CC. The van der Waals surface area contributed by atoms with E-state index in [9.17, 15) is 5.11 Å². The second-order valence-electron chi connectivity index (χ2n) is 4.26. The third-order valence-corrected chi connectivity index (χ3v) is 8.31. The Balaban J connectivity index is 2.68. The molecule has 0 radical (unpaired) electrons. The number of aliphatic hydroxyl groups is 1. The molecule has 0 bridgehead atoms. The van der Waals surface area contributed by atoms with Gasteiger partial charge in [-0.3, -0.25) is 0 Å². The normalized spacial score (nSPS) is 26.1. The minimum Gasteiger partial charge on any atom is -0.389 e. The first-order valence-electron chi connectivity index (χ1n) is 5.99. The summed E-state index contributed by atoms with van der Waals surface area (Å²) in [5, 5.41) is 9.59. The van der Waals surface area contributed by atoms with Crippen LogP contribution in [0.4, 0.5) is 0 Å². The van der Waals surface area contributed by atoms with Crippen molar-refractivity contribution in [2.24, 2.45) is 0 Å². The van der Waals surface area contributed by atoms with Crippen LogP contribution in [0.25, 0.3) is 0 Å². The highest BCUT2D eigenvalue weighted by Crippen LogP contribution is 2.20. The molecule has 0 aromatic heterocycles. The van der Waals surface area contributed by atoms with Crippen molar-refractivity contribution in [1.29, 1.82) is 0 Å². The lowest BCUT2D eigenvalue weighted by molar-refractivity contribution is 0.0812. The van der Waals surface area contributed by atoms with Crippen LogP contribution in [0.1, 0.15) is 27.2 Å².